The Morgan fingerprint density at radius 1 is 1.09 bits per heavy atom. The summed E-state index contributed by atoms with van der Waals surface area (Å²) >= 11 is 0. The molecule has 0 unspecified atom stereocenters. The summed E-state index contributed by atoms with van der Waals surface area (Å²) in [7, 11) is -1.43. The Labute approximate surface area is 195 Å². The second-order valence-electron chi connectivity index (χ2n) is 8.75. The third-order valence-corrected chi connectivity index (χ3v) is 8.38. The average Bonchev–Trinajstić information content (AvgIpc) is 3.21. The molecule has 2 saturated heterocycles. The molecule has 3 aromatic heterocycles. The lowest BCUT2D eigenvalue weighted by molar-refractivity contribution is 0.180. The number of sulfone groups is 1. The number of benzene rings is 1. The molecule has 9 nitrogen and oxygen atoms in total. The van der Waals surface area contributed by atoms with Crippen molar-refractivity contribution in [2.45, 2.75) is 6.04 Å². The summed E-state index contributed by atoms with van der Waals surface area (Å²) in [5.74, 6) is 0.193. The van der Waals surface area contributed by atoms with Crippen LogP contribution in [0.1, 0.15) is 0 Å². The number of hydrogen-bond acceptors (Lipinski definition) is 8. The van der Waals surface area contributed by atoms with Gasteiger partial charge in [-0.3, -0.25) is 9.88 Å². The van der Waals surface area contributed by atoms with E-state index >= 15 is 0 Å². The number of hydrogen-bond donors (Lipinski definition) is 0. The van der Waals surface area contributed by atoms with Crippen LogP contribution in [0.5, 0.6) is 5.75 Å². The van der Waals surface area contributed by atoms with Crippen LogP contribution in [0.25, 0.3) is 27.7 Å². The van der Waals surface area contributed by atoms with Gasteiger partial charge < -0.3 is 9.64 Å². The van der Waals surface area contributed by atoms with Crippen LogP contribution in [0.2, 0.25) is 0 Å². The van der Waals surface area contributed by atoms with Gasteiger partial charge >= 0.3 is 0 Å². The monoisotopic (exact) mass is 482 g/mol. The molecule has 2 fully saturated rings. The van der Waals surface area contributed by atoms with E-state index in [1.807, 2.05) is 18.5 Å². The quantitative estimate of drug-likeness (QED) is 0.436. The van der Waals surface area contributed by atoms with Gasteiger partial charge in [0.05, 0.1) is 48.4 Å². The normalized spacial score (nSPS) is 18.9. The van der Waals surface area contributed by atoms with Gasteiger partial charge in [-0.15, -0.1) is 0 Å². The number of pyridine rings is 1. The molecule has 4 aromatic rings. The lowest BCUT2D eigenvalue weighted by Gasteiger charge is -2.47. The molecule has 2 aliphatic rings. The Bertz CT molecular complexity index is 1500. The number of methoxy groups -OCH3 is 1. The van der Waals surface area contributed by atoms with Gasteiger partial charge in [0.15, 0.2) is 27.1 Å². The van der Waals surface area contributed by atoms with Crippen molar-refractivity contribution in [2.24, 2.45) is 0 Å². The smallest absolute Gasteiger partial charge is 0.167 e. The first kappa shape index (κ1) is 21.2. The highest BCUT2D eigenvalue weighted by Gasteiger charge is 2.35. The Morgan fingerprint density at radius 2 is 1.88 bits per heavy atom. The van der Waals surface area contributed by atoms with Crippen LogP contribution in [0.3, 0.4) is 0 Å². The van der Waals surface area contributed by atoms with E-state index in [1.165, 1.54) is 13.2 Å². The van der Waals surface area contributed by atoms with Crippen molar-refractivity contribution in [2.75, 3.05) is 49.7 Å². The minimum absolute atomic E-state index is 0.159. The maximum absolute atomic E-state index is 14.2. The van der Waals surface area contributed by atoms with Gasteiger partial charge in [0.25, 0.3) is 0 Å². The van der Waals surface area contributed by atoms with E-state index in [1.54, 1.807) is 23.0 Å². The lowest BCUT2D eigenvalue weighted by Crippen LogP contribution is -2.62. The third kappa shape index (κ3) is 3.55. The van der Waals surface area contributed by atoms with E-state index in [-0.39, 0.29) is 17.3 Å². The molecule has 0 aliphatic carbocycles. The number of halogens is 1. The fourth-order valence-corrected chi connectivity index (χ4v) is 5.97. The van der Waals surface area contributed by atoms with Gasteiger partial charge in [0.2, 0.25) is 0 Å². The number of ether oxygens (including phenoxy) is 1. The van der Waals surface area contributed by atoms with E-state index in [0.29, 0.717) is 30.3 Å². The molecule has 0 spiro atoms. The predicted octanol–water partition coefficient (Wildman–Crippen LogP) is 2.01. The fourth-order valence-electron chi connectivity index (χ4n) is 4.75. The summed E-state index contributed by atoms with van der Waals surface area (Å²) in [6, 6.07) is 5.24. The van der Waals surface area contributed by atoms with Crippen molar-refractivity contribution >= 4 is 32.1 Å². The second kappa shape index (κ2) is 7.88. The molecule has 11 heteroatoms. The minimum Gasteiger partial charge on any atom is -0.494 e. The summed E-state index contributed by atoms with van der Waals surface area (Å²) in [6.45, 7) is 2.88. The molecular formula is C23H23FN6O3S. The fraction of sp³-hybridized carbons (Fsp3) is 0.348. The van der Waals surface area contributed by atoms with Crippen LogP contribution in [-0.4, -0.2) is 83.7 Å². The Hall–Kier alpha value is -3.31. The molecule has 2 aliphatic heterocycles. The summed E-state index contributed by atoms with van der Waals surface area (Å²) < 4.78 is 44.4. The number of anilines is 1. The maximum atomic E-state index is 14.2. The van der Waals surface area contributed by atoms with Gasteiger partial charge in [-0.05, 0) is 17.7 Å². The van der Waals surface area contributed by atoms with Crippen molar-refractivity contribution in [3.05, 3.63) is 48.8 Å². The van der Waals surface area contributed by atoms with Gasteiger partial charge in [0, 0.05) is 55.4 Å². The number of fused-ring (bicyclic) bond motifs is 2. The van der Waals surface area contributed by atoms with Gasteiger partial charge in [-0.2, -0.15) is 5.10 Å². The first-order chi connectivity index (χ1) is 16.4. The van der Waals surface area contributed by atoms with Gasteiger partial charge in [-0.1, -0.05) is 0 Å². The van der Waals surface area contributed by atoms with Crippen LogP contribution < -0.4 is 9.64 Å². The molecule has 0 radical (unpaired) electrons. The van der Waals surface area contributed by atoms with Crippen molar-refractivity contribution in [1.29, 1.82) is 0 Å². The lowest BCUT2D eigenvalue weighted by atomic mass is 10.0. The first-order valence-corrected chi connectivity index (χ1v) is 12.9. The average molecular weight is 483 g/mol. The summed E-state index contributed by atoms with van der Waals surface area (Å²) in [5.41, 5.74) is 3.86. The minimum atomic E-state index is -2.87. The molecule has 34 heavy (non-hydrogen) atoms. The molecule has 6 rings (SSSR count). The van der Waals surface area contributed by atoms with E-state index in [2.05, 4.69) is 24.9 Å². The van der Waals surface area contributed by atoms with Gasteiger partial charge in [-0.25, -0.2) is 22.3 Å². The largest absolute Gasteiger partial charge is 0.494 e. The van der Waals surface area contributed by atoms with Crippen LogP contribution in [-0.2, 0) is 9.84 Å². The van der Waals surface area contributed by atoms with Gasteiger partial charge in [0.1, 0.15) is 0 Å². The SMILES string of the molecule is COc1cc2c(-c3cnn4cc(N5CC(N6CCS(=O)(=O)CC6)C5)cnc34)ccnc2cc1F. The number of nitrogens with zero attached hydrogens (tertiary/aromatic N) is 6. The molecule has 1 aromatic carbocycles. The van der Waals surface area contributed by atoms with Crippen molar-refractivity contribution in [1.82, 2.24) is 24.5 Å². The molecule has 0 bridgehead atoms. The summed E-state index contributed by atoms with van der Waals surface area (Å²) in [5, 5.41) is 5.27. The summed E-state index contributed by atoms with van der Waals surface area (Å²) in [6.07, 6.45) is 7.19. The second-order valence-corrected chi connectivity index (χ2v) is 11.1. The van der Waals surface area contributed by atoms with Crippen molar-refractivity contribution in [3.8, 4) is 16.9 Å². The zero-order valence-electron chi connectivity index (χ0n) is 18.6. The Kier molecular flexibility index (Phi) is 4.92. The van der Waals surface area contributed by atoms with Crippen molar-refractivity contribution < 1.29 is 17.5 Å². The van der Waals surface area contributed by atoms with Crippen molar-refractivity contribution in [3.63, 3.8) is 0 Å². The molecule has 0 atom stereocenters. The van der Waals surface area contributed by atoms with E-state index in [4.69, 9.17) is 4.74 Å². The number of aromatic nitrogens is 4. The highest BCUT2D eigenvalue weighted by atomic mass is 32.2. The molecular weight excluding hydrogens is 459 g/mol. The molecule has 176 valence electrons. The zero-order valence-corrected chi connectivity index (χ0v) is 19.4. The third-order valence-electron chi connectivity index (χ3n) is 6.77. The molecule has 0 saturated carbocycles. The van der Waals surface area contributed by atoms with Crippen LogP contribution >= 0.6 is 0 Å². The van der Waals surface area contributed by atoms with E-state index in [0.717, 1.165) is 35.3 Å². The van der Waals surface area contributed by atoms with E-state index in [9.17, 15) is 12.8 Å². The molecule has 0 amide bonds. The molecule has 0 N–H and O–H groups in total. The first-order valence-electron chi connectivity index (χ1n) is 11.1. The number of rotatable bonds is 4. The van der Waals surface area contributed by atoms with Crippen LogP contribution in [0.15, 0.2) is 43.0 Å². The van der Waals surface area contributed by atoms with Crippen LogP contribution in [0.4, 0.5) is 10.1 Å². The highest BCUT2D eigenvalue weighted by molar-refractivity contribution is 7.91. The van der Waals surface area contributed by atoms with Crippen LogP contribution in [0, 0.1) is 5.82 Å². The predicted molar refractivity (Wildman–Crippen MR) is 126 cm³/mol. The zero-order chi connectivity index (χ0) is 23.4. The molecule has 5 heterocycles. The standard InChI is InChI=1S/C23H23FN6O3S/c1-33-22-8-18-17(2-3-25-21(18)9-20(22)24)19-11-27-30-14-15(10-26-23(19)30)29-12-16(13-29)28-4-6-34(31,32)7-5-28/h2-3,8-11,14,16H,4-7,12-13H2,1H3. The van der Waals surface area contributed by atoms with E-state index < -0.39 is 15.7 Å². The Balaban J connectivity index is 1.26. The Morgan fingerprint density at radius 3 is 2.65 bits per heavy atom. The summed E-state index contributed by atoms with van der Waals surface area (Å²) in [4.78, 5) is 13.5. The topological polar surface area (TPSA) is 92.9 Å². The maximum Gasteiger partial charge on any atom is 0.167 e. The highest BCUT2D eigenvalue weighted by Crippen LogP contribution is 2.34.